The molecule has 2 N–H and O–H groups in total. The fourth-order valence-corrected chi connectivity index (χ4v) is 3.98. The SMILES string of the molecule is CN(CCC(=O)O)C(=O)NCC1(N2CCOC(C)(C)C2)CCCCC1. The van der Waals surface area contributed by atoms with Crippen molar-refractivity contribution >= 4 is 12.0 Å². The van der Waals surface area contributed by atoms with Gasteiger partial charge in [-0.1, -0.05) is 19.3 Å². The molecule has 0 aromatic carbocycles. The molecule has 0 aromatic heterocycles. The molecule has 7 heteroatoms. The molecule has 25 heavy (non-hydrogen) atoms. The molecule has 144 valence electrons. The summed E-state index contributed by atoms with van der Waals surface area (Å²) >= 11 is 0. The number of rotatable bonds is 6. The topological polar surface area (TPSA) is 82.1 Å². The Hall–Kier alpha value is -1.34. The van der Waals surface area contributed by atoms with Crippen molar-refractivity contribution in [2.75, 3.05) is 39.8 Å². The van der Waals surface area contributed by atoms with Gasteiger partial charge in [-0.25, -0.2) is 4.79 Å². The molecule has 1 heterocycles. The van der Waals surface area contributed by atoms with Crippen LogP contribution in [0.1, 0.15) is 52.4 Å². The highest BCUT2D eigenvalue weighted by atomic mass is 16.5. The van der Waals surface area contributed by atoms with Crippen LogP contribution in [0.25, 0.3) is 0 Å². The molecule has 0 atom stereocenters. The Morgan fingerprint density at radius 2 is 1.92 bits per heavy atom. The lowest BCUT2D eigenvalue weighted by atomic mass is 9.79. The fourth-order valence-electron chi connectivity index (χ4n) is 3.98. The summed E-state index contributed by atoms with van der Waals surface area (Å²) in [7, 11) is 1.64. The summed E-state index contributed by atoms with van der Waals surface area (Å²) in [6.45, 7) is 7.56. The monoisotopic (exact) mass is 355 g/mol. The number of aliphatic carboxylic acids is 1. The number of urea groups is 1. The summed E-state index contributed by atoms with van der Waals surface area (Å²) in [5, 5.41) is 11.8. The summed E-state index contributed by atoms with van der Waals surface area (Å²) in [5.41, 5.74) is -0.173. The highest BCUT2D eigenvalue weighted by Gasteiger charge is 2.42. The molecule has 0 unspecified atom stereocenters. The van der Waals surface area contributed by atoms with Crippen LogP contribution in [0.5, 0.6) is 0 Å². The largest absolute Gasteiger partial charge is 0.481 e. The minimum absolute atomic E-state index is 0.0113. The van der Waals surface area contributed by atoms with Crippen LogP contribution in [0.2, 0.25) is 0 Å². The van der Waals surface area contributed by atoms with Crippen molar-refractivity contribution in [3.05, 3.63) is 0 Å². The zero-order valence-corrected chi connectivity index (χ0v) is 15.8. The van der Waals surface area contributed by atoms with Crippen molar-refractivity contribution in [3.63, 3.8) is 0 Å². The number of morpholine rings is 1. The van der Waals surface area contributed by atoms with Gasteiger partial charge in [-0.2, -0.15) is 0 Å². The van der Waals surface area contributed by atoms with Gasteiger partial charge in [-0.3, -0.25) is 9.69 Å². The van der Waals surface area contributed by atoms with Crippen LogP contribution in [0.3, 0.4) is 0 Å². The number of amides is 2. The first-order valence-electron chi connectivity index (χ1n) is 9.34. The highest BCUT2D eigenvalue weighted by Crippen LogP contribution is 2.36. The van der Waals surface area contributed by atoms with Crippen LogP contribution in [0.4, 0.5) is 4.79 Å². The van der Waals surface area contributed by atoms with E-state index in [0.29, 0.717) is 6.54 Å². The van der Waals surface area contributed by atoms with Gasteiger partial charge in [0.05, 0.1) is 18.6 Å². The lowest BCUT2D eigenvalue weighted by Crippen LogP contribution is -2.63. The molecule has 1 saturated heterocycles. The lowest BCUT2D eigenvalue weighted by molar-refractivity contribution is -0.137. The average Bonchev–Trinajstić information content (AvgIpc) is 2.57. The number of carboxylic acids is 1. The second-order valence-electron chi connectivity index (χ2n) is 8.04. The molecule has 7 nitrogen and oxygen atoms in total. The number of carboxylic acid groups (broad SMARTS) is 1. The molecule has 2 aliphatic rings. The summed E-state index contributed by atoms with van der Waals surface area (Å²) in [6.07, 6.45) is 5.75. The first kappa shape index (κ1) is 20.0. The smallest absolute Gasteiger partial charge is 0.317 e. The average molecular weight is 355 g/mol. The molecule has 0 bridgehead atoms. The highest BCUT2D eigenvalue weighted by molar-refractivity contribution is 5.75. The first-order chi connectivity index (χ1) is 11.7. The van der Waals surface area contributed by atoms with E-state index in [1.807, 2.05) is 0 Å². The third-order valence-electron chi connectivity index (χ3n) is 5.46. The summed E-state index contributed by atoms with van der Waals surface area (Å²) in [4.78, 5) is 27.0. The van der Waals surface area contributed by atoms with E-state index in [4.69, 9.17) is 9.84 Å². The number of hydrogen-bond donors (Lipinski definition) is 2. The Morgan fingerprint density at radius 3 is 2.52 bits per heavy atom. The van der Waals surface area contributed by atoms with E-state index in [1.165, 1.54) is 24.2 Å². The van der Waals surface area contributed by atoms with E-state index < -0.39 is 5.97 Å². The summed E-state index contributed by atoms with van der Waals surface area (Å²) in [5.74, 6) is -0.890. The molecule has 2 rings (SSSR count). The predicted molar refractivity (Wildman–Crippen MR) is 95.7 cm³/mol. The van der Waals surface area contributed by atoms with E-state index in [1.54, 1.807) is 7.05 Å². The molecule has 1 aliphatic carbocycles. The number of nitrogens with zero attached hydrogens (tertiary/aromatic N) is 2. The Bertz CT molecular complexity index is 475. The predicted octanol–water partition coefficient (Wildman–Crippen LogP) is 1.92. The van der Waals surface area contributed by atoms with Crippen LogP contribution >= 0.6 is 0 Å². The van der Waals surface area contributed by atoms with Crippen LogP contribution in [-0.4, -0.2) is 77.9 Å². The maximum atomic E-state index is 12.3. The normalized spacial score (nSPS) is 23.0. The molecule has 2 fully saturated rings. The van der Waals surface area contributed by atoms with Crippen LogP contribution in [0.15, 0.2) is 0 Å². The van der Waals surface area contributed by atoms with Crippen molar-refractivity contribution < 1.29 is 19.4 Å². The van der Waals surface area contributed by atoms with Gasteiger partial charge in [0.1, 0.15) is 0 Å². The van der Waals surface area contributed by atoms with Crippen LogP contribution in [-0.2, 0) is 9.53 Å². The van der Waals surface area contributed by atoms with Crippen molar-refractivity contribution in [3.8, 4) is 0 Å². The lowest BCUT2D eigenvalue weighted by Gasteiger charge is -2.51. The van der Waals surface area contributed by atoms with Gasteiger partial charge in [0.15, 0.2) is 0 Å². The number of carbonyl (C=O) groups excluding carboxylic acids is 1. The van der Waals surface area contributed by atoms with Crippen molar-refractivity contribution in [1.82, 2.24) is 15.1 Å². The van der Waals surface area contributed by atoms with Crippen molar-refractivity contribution in [2.24, 2.45) is 0 Å². The molecular weight excluding hydrogens is 322 g/mol. The maximum Gasteiger partial charge on any atom is 0.317 e. The Kier molecular flexibility index (Phi) is 6.68. The fraction of sp³-hybridized carbons (Fsp3) is 0.889. The van der Waals surface area contributed by atoms with E-state index in [2.05, 4.69) is 24.1 Å². The van der Waals surface area contributed by atoms with Gasteiger partial charge < -0.3 is 20.1 Å². The number of hydrogen-bond acceptors (Lipinski definition) is 4. The Balaban J connectivity index is 1.98. The van der Waals surface area contributed by atoms with E-state index in [0.717, 1.165) is 32.5 Å². The minimum atomic E-state index is -0.890. The van der Waals surface area contributed by atoms with Crippen LogP contribution in [0, 0.1) is 0 Å². The zero-order valence-electron chi connectivity index (χ0n) is 15.8. The van der Waals surface area contributed by atoms with Gasteiger partial charge in [-0.15, -0.1) is 0 Å². The summed E-state index contributed by atoms with van der Waals surface area (Å²) in [6, 6.07) is -0.196. The Labute approximate surface area is 150 Å². The molecule has 1 saturated carbocycles. The van der Waals surface area contributed by atoms with Gasteiger partial charge in [0.25, 0.3) is 0 Å². The molecule has 0 spiro atoms. The summed E-state index contributed by atoms with van der Waals surface area (Å²) < 4.78 is 5.86. The molecule has 0 aromatic rings. The van der Waals surface area contributed by atoms with Crippen molar-refractivity contribution in [1.29, 1.82) is 0 Å². The van der Waals surface area contributed by atoms with Crippen molar-refractivity contribution in [2.45, 2.75) is 63.5 Å². The first-order valence-corrected chi connectivity index (χ1v) is 9.34. The standard InChI is InChI=1S/C18H33N3O4/c1-17(2)14-21(11-12-25-17)18(8-5-4-6-9-18)13-19-16(24)20(3)10-7-15(22)23/h4-14H2,1-3H3,(H,19,24)(H,22,23). The third-order valence-corrected chi connectivity index (χ3v) is 5.46. The zero-order chi connectivity index (χ0) is 18.5. The second kappa shape index (κ2) is 8.36. The van der Waals surface area contributed by atoms with Gasteiger partial charge in [0, 0.05) is 38.8 Å². The maximum absolute atomic E-state index is 12.3. The number of nitrogens with one attached hydrogen (secondary N) is 1. The molecular formula is C18H33N3O4. The van der Waals surface area contributed by atoms with Gasteiger partial charge >= 0.3 is 12.0 Å². The van der Waals surface area contributed by atoms with Crippen LogP contribution < -0.4 is 5.32 Å². The number of carbonyl (C=O) groups is 2. The quantitative estimate of drug-likeness (QED) is 0.761. The molecule has 1 aliphatic heterocycles. The van der Waals surface area contributed by atoms with E-state index in [-0.39, 0.29) is 30.1 Å². The van der Waals surface area contributed by atoms with Gasteiger partial charge in [-0.05, 0) is 26.7 Å². The van der Waals surface area contributed by atoms with E-state index in [9.17, 15) is 9.59 Å². The molecule has 0 radical (unpaired) electrons. The Morgan fingerprint density at radius 1 is 1.24 bits per heavy atom. The minimum Gasteiger partial charge on any atom is -0.481 e. The third kappa shape index (κ3) is 5.57. The number of ether oxygens (including phenoxy) is 1. The van der Waals surface area contributed by atoms with E-state index >= 15 is 0 Å². The molecule has 2 amide bonds. The second-order valence-corrected chi connectivity index (χ2v) is 8.04. The van der Waals surface area contributed by atoms with Gasteiger partial charge in [0.2, 0.25) is 0 Å².